The third-order valence-electron chi connectivity index (χ3n) is 4.71. The van der Waals surface area contributed by atoms with E-state index >= 15 is 0 Å². The van der Waals surface area contributed by atoms with Gasteiger partial charge in [0.1, 0.15) is 0 Å². The lowest BCUT2D eigenvalue weighted by molar-refractivity contribution is -0.122. The van der Waals surface area contributed by atoms with Crippen molar-refractivity contribution in [3.8, 4) is 0 Å². The summed E-state index contributed by atoms with van der Waals surface area (Å²) in [5, 5.41) is 2.78. The number of benzene rings is 2. The molecular formula is C22H27N3O4S. The molecule has 7 nitrogen and oxygen atoms in total. The maximum absolute atomic E-state index is 12.6. The fourth-order valence-electron chi connectivity index (χ4n) is 3.28. The SMILES string of the molecule is Cc1ccc(N2C[C@H](C(=O)Nc3ccc(S(=O)(=O)NC(C)(C)C)cc3)CC2=O)cc1. The normalized spacial score (nSPS) is 17.3. The van der Waals surface area contributed by atoms with Crippen LogP contribution >= 0.6 is 0 Å². The van der Waals surface area contributed by atoms with Gasteiger partial charge < -0.3 is 10.2 Å². The van der Waals surface area contributed by atoms with E-state index in [1.165, 1.54) is 12.1 Å². The smallest absolute Gasteiger partial charge is 0.241 e. The lowest BCUT2D eigenvalue weighted by Crippen LogP contribution is -2.40. The summed E-state index contributed by atoms with van der Waals surface area (Å²) < 4.78 is 27.3. The molecule has 1 saturated heterocycles. The van der Waals surface area contributed by atoms with Crippen LogP contribution in [-0.4, -0.2) is 32.3 Å². The number of aryl methyl sites for hydroxylation is 1. The van der Waals surface area contributed by atoms with Crippen LogP contribution in [0.5, 0.6) is 0 Å². The Morgan fingerprint density at radius 3 is 2.20 bits per heavy atom. The highest BCUT2D eigenvalue weighted by atomic mass is 32.2. The van der Waals surface area contributed by atoms with E-state index in [0.717, 1.165) is 11.3 Å². The Balaban J connectivity index is 1.65. The maximum atomic E-state index is 12.6. The van der Waals surface area contributed by atoms with E-state index in [1.54, 1.807) is 37.8 Å². The lowest BCUT2D eigenvalue weighted by atomic mass is 10.1. The molecule has 1 atom stereocenters. The average molecular weight is 430 g/mol. The summed E-state index contributed by atoms with van der Waals surface area (Å²) in [6, 6.07) is 13.6. The first-order valence-corrected chi connectivity index (χ1v) is 11.2. The highest BCUT2D eigenvalue weighted by Gasteiger charge is 2.35. The van der Waals surface area contributed by atoms with Gasteiger partial charge in [0.05, 0.1) is 10.8 Å². The molecule has 0 saturated carbocycles. The molecule has 0 radical (unpaired) electrons. The first-order valence-electron chi connectivity index (χ1n) is 9.76. The molecule has 1 aliphatic heterocycles. The largest absolute Gasteiger partial charge is 0.326 e. The number of anilines is 2. The molecule has 2 amide bonds. The molecule has 2 aromatic carbocycles. The van der Waals surface area contributed by atoms with Gasteiger partial charge in [-0.25, -0.2) is 13.1 Å². The molecule has 30 heavy (non-hydrogen) atoms. The highest BCUT2D eigenvalue weighted by molar-refractivity contribution is 7.89. The van der Waals surface area contributed by atoms with Crippen molar-refractivity contribution in [2.45, 2.75) is 44.6 Å². The van der Waals surface area contributed by atoms with Gasteiger partial charge >= 0.3 is 0 Å². The third-order valence-corrected chi connectivity index (χ3v) is 6.49. The number of carbonyl (C=O) groups is 2. The average Bonchev–Trinajstić information content (AvgIpc) is 3.03. The van der Waals surface area contributed by atoms with Gasteiger partial charge in [0.2, 0.25) is 21.8 Å². The minimum Gasteiger partial charge on any atom is -0.326 e. The Bertz CT molecular complexity index is 1040. The third kappa shape index (κ3) is 5.25. The topological polar surface area (TPSA) is 95.6 Å². The van der Waals surface area contributed by atoms with E-state index in [9.17, 15) is 18.0 Å². The van der Waals surface area contributed by atoms with Crippen molar-refractivity contribution in [2.24, 2.45) is 5.92 Å². The fraction of sp³-hybridized carbons (Fsp3) is 0.364. The monoisotopic (exact) mass is 429 g/mol. The number of amides is 2. The molecule has 0 aromatic heterocycles. The zero-order valence-electron chi connectivity index (χ0n) is 17.6. The Morgan fingerprint density at radius 1 is 1.03 bits per heavy atom. The van der Waals surface area contributed by atoms with Crippen LogP contribution in [0.15, 0.2) is 53.4 Å². The molecule has 0 bridgehead atoms. The van der Waals surface area contributed by atoms with Gasteiger partial charge in [-0.05, 0) is 64.1 Å². The molecule has 8 heteroatoms. The van der Waals surface area contributed by atoms with Gasteiger partial charge in [-0.2, -0.15) is 0 Å². The first kappa shape index (κ1) is 22.0. The summed E-state index contributed by atoms with van der Waals surface area (Å²) in [6.45, 7) is 7.59. The van der Waals surface area contributed by atoms with E-state index in [-0.39, 0.29) is 23.1 Å². The van der Waals surface area contributed by atoms with E-state index in [2.05, 4.69) is 10.0 Å². The minimum absolute atomic E-state index is 0.0892. The zero-order chi connectivity index (χ0) is 22.1. The van der Waals surface area contributed by atoms with E-state index < -0.39 is 21.5 Å². The van der Waals surface area contributed by atoms with Crippen molar-refractivity contribution in [2.75, 3.05) is 16.8 Å². The quantitative estimate of drug-likeness (QED) is 0.764. The van der Waals surface area contributed by atoms with Gasteiger partial charge in [-0.1, -0.05) is 17.7 Å². The molecule has 1 heterocycles. The molecule has 1 aliphatic rings. The molecule has 0 unspecified atom stereocenters. The van der Waals surface area contributed by atoms with Crippen LogP contribution in [0, 0.1) is 12.8 Å². The molecule has 0 aliphatic carbocycles. The van der Waals surface area contributed by atoms with Crippen LogP contribution in [0.3, 0.4) is 0 Å². The van der Waals surface area contributed by atoms with E-state index in [0.29, 0.717) is 12.2 Å². The van der Waals surface area contributed by atoms with E-state index in [4.69, 9.17) is 0 Å². The summed E-state index contributed by atoms with van der Waals surface area (Å²) in [5.41, 5.74) is 1.77. The highest BCUT2D eigenvalue weighted by Crippen LogP contribution is 2.26. The van der Waals surface area contributed by atoms with Crippen LogP contribution in [0.2, 0.25) is 0 Å². The number of rotatable bonds is 5. The molecule has 0 spiro atoms. The zero-order valence-corrected chi connectivity index (χ0v) is 18.4. The molecule has 2 N–H and O–H groups in total. The Kier molecular flexibility index (Phi) is 6.01. The number of nitrogens with zero attached hydrogens (tertiary/aromatic N) is 1. The molecule has 2 aromatic rings. The van der Waals surface area contributed by atoms with Gasteiger partial charge in [0.15, 0.2) is 0 Å². The van der Waals surface area contributed by atoms with Crippen molar-refractivity contribution in [3.05, 3.63) is 54.1 Å². The Morgan fingerprint density at radius 2 is 1.63 bits per heavy atom. The van der Waals surface area contributed by atoms with Crippen LogP contribution < -0.4 is 14.9 Å². The summed E-state index contributed by atoms with van der Waals surface area (Å²) in [5.74, 6) is -0.820. The predicted octanol–water partition coefficient (Wildman–Crippen LogP) is 3.06. The van der Waals surface area contributed by atoms with Gasteiger partial charge in [0.25, 0.3) is 0 Å². The van der Waals surface area contributed by atoms with Crippen LogP contribution in [-0.2, 0) is 19.6 Å². The van der Waals surface area contributed by atoms with Crippen LogP contribution in [0.1, 0.15) is 32.8 Å². The molecular weight excluding hydrogens is 402 g/mol. The number of carbonyl (C=O) groups excluding carboxylic acids is 2. The van der Waals surface area contributed by atoms with Gasteiger partial charge in [-0.15, -0.1) is 0 Å². The number of hydrogen-bond acceptors (Lipinski definition) is 4. The number of nitrogens with one attached hydrogen (secondary N) is 2. The summed E-state index contributed by atoms with van der Waals surface area (Å²) >= 11 is 0. The fourth-order valence-corrected chi connectivity index (χ4v) is 4.70. The maximum Gasteiger partial charge on any atom is 0.241 e. The first-order chi connectivity index (χ1) is 13.9. The second-order valence-corrected chi connectivity index (χ2v) is 10.3. The molecule has 160 valence electrons. The minimum atomic E-state index is -3.64. The standard InChI is InChI=1S/C22H27N3O4S/c1-15-5-9-18(10-6-15)25-14-16(13-20(25)26)21(27)23-17-7-11-19(12-8-17)30(28,29)24-22(2,3)4/h5-12,16,24H,13-14H2,1-4H3,(H,23,27)/t16-/m1/s1. The summed E-state index contributed by atoms with van der Waals surface area (Å²) in [6.07, 6.45) is 0.141. The Hall–Kier alpha value is -2.71. The van der Waals surface area contributed by atoms with E-state index in [1.807, 2.05) is 31.2 Å². The summed E-state index contributed by atoms with van der Waals surface area (Å²) in [4.78, 5) is 26.8. The number of sulfonamides is 1. The van der Waals surface area contributed by atoms with Crippen molar-refractivity contribution < 1.29 is 18.0 Å². The predicted molar refractivity (Wildman–Crippen MR) is 117 cm³/mol. The number of hydrogen-bond donors (Lipinski definition) is 2. The van der Waals surface area contributed by atoms with Crippen molar-refractivity contribution in [1.82, 2.24) is 4.72 Å². The van der Waals surface area contributed by atoms with Crippen LogP contribution in [0.4, 0.5) is 11.4 Å². The van der Waals surface area contributed by atoms with Gasteiger partial charge in [-0.3, -0.25) is 9.59 Å². The van der Waals surface area contributed by atoms with Crippen molar-refractivity contribution >= 4 is 33.2 Å². The van der Waals surface area contributed by atoms with Crippen molar-refractivity contribution in [3.63, 3.8) is 0 Å². The molecule has 1 fully saturated rings. The Labute approximate surface area is 177 Å². The second-order valence-electron chi connectivity index (χ2n) is 8.61. The molecule has 3 rings (SSSR count). The van der Waals surface area contributed by atoms with Crippen LogP contribution in [0.25, 0.3) is 0 Å². The lowest BCUT2D eigenvalue weighted by Gasteiger charge is -2.20. The second kappa shape index (κ2) is 8.20. The van der Waals surface area contributed by atoms with Gasteiger partial charge in [0, 0.05) is 29.9 Å². The summed E-state index contributed by atoms with van der Waals surface area (Å²) in [7, 11) is -3.64. The van der Waals surface area contributed by atoms with Crippen molar-refractivity contribution in [1.29, 1.82) is 0 Å².